The fourth-order valence-electron chi connectivity index (χ4n) is 2.69. The molecule has 0 atom stereocenters. The number of hydrogen-bond acceptors (Lipinski definition) is 5. The second-order valence-electron chi connectivity index (χ2n) is 6.29. The molecule has 1 aliphatic rings. The number of rotatable bonds is 4. The number of carbonyl (C=O) groups is 1. The molecule has 1 aromatic carbocycles. The first-order valence-electron chi connectivity index (χ1n) is 8.04. The maximum atomic E-state index is 12.4. The van der Waals surface area contributed by atoms with Crippen LogP contribution in [0.5, 0.6) is 0 Å². The number of benzene rings is 1. The van der Waals surface area contributed by atoms with Gasteiger partial charge in [-0.1, -0.05) is 18.5 Å². The molecule has 0 radical (unpaired) electrons. The Labute approximate surface area is 151 Å². The van der Waals surface area contributed by atoms with Crippen molar-refractivity contribution in [1.29, 1.82) is 0 Å². The highest BCUT2D eigenvalue weighted by atomic mass is 35.5. The zero-order chi connectivity index (χ0) is 18.0. The van der Waals surface area contributed by atoms with Gasteiger partial charge < -0.3 is 4.90 Å². The molecule has 1 amide bonds. The van der Waals surface area contributed by atoms with E-state index >= 15 is 0 Å². The third kappa shape index (κ3) is 4.19. The van der Waals surface area contributed by atoms with Gasteiger partial charge in [-0.2, -0.15) is 10.1 Å². The molecule has 1 N–H and O–H groups in total. The molecule has 3 rings (SSSR count). The summed E-state index contributed by atoms with van der Waals surface area (Å²) in [6.07, 6.45) is 1.80. The average molecular weight is 383 g/mol. The molecule has 134 valence electrons. The molecule has 1 aromatic heterocycles. The minimum atomic E-state index is -3.86. The Bertz CT molecular complexity index is 856. The molecule has 1 aliphatic heterocycles. The molecule has 2 aromatic rings. The molecule has 0 unspecified atom stereocenters. The van der Waals surface area contributed by atoms with Gasteiger partial charge in [-0.15, -0.1) is 0 Å². The quantitative estimate of drug-likeness (QED) is 0.874. The molecular formula is C16H19ClN4O3S. The number of likely N-dealkylation sites (tertiary alicyclic amines) is 1. The van der Waals surface area contributed by atoms with Crippen molar-refractivity contribution in [2.24, 2.45) is 5.92 Å². The lowest BCUT2D eigenvalue weighted by atomic mass is 9.99. The first kappa shape index (κ1) is 17.9. The van der Waals surface area contributed by atoms with Crippen LogP contribution >= 0.6 is 11.6 Å². The Morgan fingerprint density at radius 3 is 2.56 bits per heavy atom. The van der Waals surface area contributed by atoms with E-state index in [1.165, 1.54) is 0 Å². The number of nitrogens with one attached hydrogen (secondary N) is 1. The molecule has 1 fully saturated rings. The maximum absolute atomic E-state index is 12.4. The summed E-state index contributed by atoms with van der Waals surface area (Å²) in [5, 5.41) is 6.62. The van der Waals surface area contributed by atoms with Crippen molar-refractivity contribution in [2.75, 3.05) is 18.8 Å². The first-order valence-corrected chi connectivity index (χ1v) is 10.1. The van der Waals surface area contributed by atoms with Gasteiger partial charge in [0.05, 0.1) is 0 Å². The number of nitrogens with zero attached hydrogens (tertiary/aromatic N) is 3. The second kappa shape index (κ2) is 7.13. The van der Waals surface area contributed by atoms with Crippen LogP contribution in [0.2, 0.25) is 5.02 Å². The molecule has 7 nitrogen and oxygen atoms in total. The molecular weight excluding hydrogens is 364 g/mol. The maximum Gasteiger partial charge on any atom is 0.244 e. The average Bonchev–Trinajstić information content (AvgIpc) is 3.06. The van der Waals surface area contributed by atoms with Crippen LogP contribution in [0.1, 0.15) is 19.8 Å². The molecule has 25 heavy (non-hydrogen) atoms. The number of amides is 1. The Morgan fingerprint density at radius 2 is 1.92 bits per heavy atom. The SMILES string of the molecule is CC1CCN(C(=O)CS(=O)(=O)c2nc(-c3ccc(Cl)cc3)n[nH]2)CC1. The molecule has 9 heteroatoms. The zero-order valence-electron chi connectivity index (χ0n) is 13.8. The number of sulfone groups is 1. The summed E-state index contributed by atoms with van der Waals surface area (Å²) in [7, 11) is -3.86. The lowest BCUT2D eigenvalue weighted by Gasteiger charge is -2.30. The monoisotopic (exact) mass is 382 g/mol. The summed E-state index contributed by atoms with van der Waals surface area (Å²) >= 11 is 5.83. The van der Waals surface area contributed by atoms with Crippen LogP contribution in [0.3, 0.4) is 0 Å². The van der Waals surface area contributed by atoms with Gasteiger partial charge in [0.2, 0.25) is 20.9 Å². The van der Waals surface area contributed by atoms with Crippen molar-refractivity contribution in [3.63, 3.8) is 0 Å². The van der Waals surface area contributed by atoms with Crippen molar-refractivity contribution in [3.8, 4) is 11.4 Å². The number of H-pyrrole nitrogens is 1. The number of hydrogen-bond donors (Lipinski definition) is 1. The highest BCUT2D eigenvalue weighted by Gasteiger charge is 2.28. The molecule has 0 bridgehead atoms. The number of carbonyl (C=O) groups excluding carboxylic acids is 1. The van der Waals surface area contributed by atoms with Gasteiger partial charge in [-0.25, -0.2) is 13.5 Å². The van der Waals surface area contributed by atoms with Gasteiger partial charge in [-0.3, -0.25) is 4.79 Å². The Hall–Kier alpha value is -1.93. The lowest BCUT2D eigenvalue weighted by molar-refractivity contribution is -0.129. The van der Waals surface area contributed by atoms with Crippen molar-refractivity contribution in [2.45, 2.75) is 24.9 Å². The van der Waals surface area contributed by atoms with Crippen molar-refractivity contribution in [1.82, 2.24) is 20.1 Å². The first-order chi connectivity index (χ1) is 11.8. The van der Waals surface area contributed by atoms with Gasteiger partial charge in [0.25, 0.3) is 0 Å². The largest absolute Gasteiger partial charge is 0.342 e. The highest BCUT2D eigenvalue weighted by molar-refractivity contribution is 7.91. The third-order valence-electron chi connectivity index (χ3n) is 4.31. The van der Waals surface area contributed by atoms with Crippen LogP contribution in [0.25, 0.3) is 11.4 Å². The van der Waals surface area contributed by atoms with Crippen molar-refractivity contribution in [3.05, 3.63) is 29.3 Å². The Balaban J connectivity index is 1.72. The smallest absolute Gasteiger partial charge is 0.244 e. The topological polar surface area (TPSA) is 96.0 Å². The number of halogens is 1. The Morgan fingerprint density at radius 1 is 1.28 bits per heavy atom. The summed E-state index contributed by atoms with van der Waals surface area (Å²) in [5.74, 6) is -0.181. The van der Waals surface area contributed by atoms with Crippen LogP contribution in [0.15, 0.2) is 29.4 Å². The van der Waals surface area contributed by atoms with E-state index in [1.807, 2.05) is 0 Å². The fourth-order valence-corrected chi connectivity index (χ4v) is 3.87. The van der Waals surface area contributed by atoms with Crippen LogP contribution in [-0.4, -0.2) is 53.2 Å². The van der Waals surface area contributed by atoms with Crippen LogP contribution in [0, 0.1) is 5.92 Å². The molecule has 2 heterocycles. The second-order valence-corrected chi connectivity index (χ2v) is 8.63. The van der Waals surface area contributed by atoms with E-state index in [-0.39, 0.29) is 11.0 Å². The fraction of sp³-hybridized carbons (Fsp3) is 0.438. The molecule has 0 spiro atoms. The standard InChI is InChI=1S/C16H19ClN4O3S/c1-11-6-8-21(9-7-11)14(22)10-25(23,24)16-18-15(19-20-16)12-2-4-13(17)5-3-12/h2-5,11H,6-10H2,1H3,(H,18,19,20). The van der Waals surface area contributed by atoms with E-state index in [0.29, 0.717) is 29.6 Å². The highest BCUT2D eigenvalue weighted by Crippen LogP contribution is 2.20. The zero-order valence-corrected chi connectivity index (χ0v) is 15.3. The van der Waals surface area contributed by atoms with E-state index in [2.05, 4.69) is 22.1 Å². The van der Waals surface area contributed by atoms with E-state index in [0.717, 1.165) is 12.8 Å². The van der Waals surface area contributed by atoms with E-state index in [9.17, 15) is 13.2 Å². The van der Waals surface area contributed by atoms with Crippen molar-refractivity contribution >= 4 is 27.3 Å². The predicted octanol–water partition coefficient (Wildman–Crippen LogP) is 2.16. The van der Waals surface area contributed by atoms with Gasteiger partial charge in [0.1, 0.15) is 5.75 Å². The summed E-state index contributed by atoms with van der Waals surface area (Å²) in [6, 6.07) is 6.73. The number of aromatic amines is 1. The number of piperidine rings is 1. The summed E-state index contributed by atoms with van der Waals surface area (Å²) in [6.45, 7) is 3.33. The normalized spacial score (nSPS) is 16.2. The van der Waals surface area contributed by atoms with E-state index in [4.69, 9.17) is 11.6 Å². The molecule has 0 aliphatic carbocycles. The molecule has 1 saturated heterocycles. The van der Waals surface area contributed by atoms with Gasteiger partial charge in [0.15, 0.2) is 5.82 Å². The van der Waals surface area contributed by atoms with Gasteiger partial charge in [-0.05, 0) is 43.0 Å². The van der Waals surface area contributed by atoms with Crippen LogP contribution in [-0.2, 0) is 14.6 Å². The minimum absolute atomic E-state index is 0.245. The summed E-state index contributed by atoms with van der Waals surface area (Å²) < 4.78 is 24.9. The van der Waals surface area contributed by atoms with Crippen LogP contribution < -0.4 is 0 Å². The summed E-state index contributed by atoms with van der Waals surface area (Å²) in [5.41, 5.74) is 0.637. The predicted molar refractivity (Wildman–Crippen MR) is 93.9 cm³/mol. The van der Waals surface area contributed by atoms with E-state index < -0.39 is 21.5 Å². The Kier molecular flexibility index (Phi) is 5.10. The van der Waals surface area contributed by atoms with Gasteiger partial charge >= 0.3 is 0 Å². The van der Waals surface area contributed by atoms with Crippen molar-refractivity contribution < 1.29 is 13.2 Å². The molecule has 0 saturated carbocycles. The van der Waals surface area contributed by atoms with E-state index in [1.54, 1.807) is 29.2 Å². The number of aromatic nitrogens is 3. The van der Waals surface area contributed by atoms with Crippen LogP contribution in [0.4, 0.5) is 0 Å². The van der Waals surface area contributed by atoms with Gasteiger partial charge in [0, 0.05) is 23.7 Å². The minimum Gasteiger partial charge on any atom is -0.342 e. The summed E-state index contributed by atoms with van der Waals surface area (Å²) in [4.78, 5) is 17.9. The lowest BCUT2D eigenvalue weighted by Crippen LogP contribution is -2.41. The third-order valence-corrected chi connectivity index (χ3v) is 5.96.